The van der Waals surface area contributed by atoms with Crippen molar-refractivity contribution in [3.05, 3.63) is 32.7 Å². The molecule has 1 N–H and O–H groups in total. The number of benzene rings is 1. The second-order valence-electron chi connectivity index (χ2n) is 4.54. The molecule has 1 aromatic carbocycles. The molecule has 2 atom stereocenters. The van der Waals surface area contributed by atoms with Gasteiger partial charge in [-0.3, -0.25) is 4.79 Å². The first-order valence-corrected chi connectivity index (χ1v) is 7.49. The van der Waals surface area contributed by atoms with Gasteiger partial charge in [-0.2, -0.15) is 0 Å². The number of rotatable bonds is 3. The van der Waals surface area contributed by atoms with Crippen LogP contribution in [-0.4, -0.2) is 25.2 Å². The average Bonchev–Trinajstić information content (AvgIpc) is 2.80. The van der Waals surface area contributed by atoms with Crippen LogP contribution in [0.15, 0.2) is 27.1 Å². The number of amides is 1. The molecule has 2 rings (SSSR count). The number of halogens is 2. The van der Waals surface area contributed by atoms with E-state index in [0.717, 1.165) is 28.6 Å². The molecular weight excluding hydrogens is 362 g/mol. The van der Waals surface area contributed by atoms with Gasteiger partial charge in [0, 0.05) is 33.1 Å². The fourth-order valence-corrected chi connectivity index (χ4v) is 3.33. The van der Waals surface area contributed by atoms with E-state index in [1.165, 1.54) is 0 Å². The third-order valence-corrected chi connectivity index (χ3v) is 4.07. The molecule has 0 bridgehead atoms. The van der Waals surface area contributed by atoms with Gasteiger partial charge in [0.15, 0.2) is 0 Å². The van der Waals surface area contributed by atoms with Crippen molar-refractivity contribution in [1.29, 1.82) is 0 Å². The van der Waals surface area contributed by atoms with Crippen molar-refractivity contribution < 1.29 is 9.53 Å². The number of hydrogen-bond donors (Lipinski definition) is 1. The van der Waals surface area contributed by atoms with Gasteiger partial charge in [-0.1, -0.05) is 31.9 Å². The minimum atomic E-state index is -0.0450. The van der Waals surface area contributed by atoms with Gasteiger partial charge in [0.1, 0.15) is 0 Å². The van der Waals surface area contributed by atoms with Crippen molar-refractivity contribution >= 4 is 37.8 Å². The van der Waals surface area contributed by atoms with E-state index >= 15 is 0 Å². The Morgan fingerprint density at radius 3 is 2.61 bits per heavy atom. The summed E-state index contributed by atoms with van der Waals surface area (Å²) in [6.07, 6.45) is 1.02. The molecule has 18 heavy (non-hydrogen) atoms. The quantitative estimate of drug-likeness (QED) is 0.878. The lowest BCUT2D eigenvalue weighted by Gasteiger charge is -2.19. The van der Waals surface area contributed by atoms with Gasteiger partial charge in [-0.05, 0) is 31.5 Å². The molecule has 0 aromatic heterocycles. The van der Waals surface area contributed by atoms with Gasteiger partial charge >= 0.3 is 0 Å². The molecule has 0 aliphatic carbocycles. The maximum absolute atomic E-state index is 12.1. The summed E-state index contributed by atoms with van der Waals surface area (Å²) in [5.41, 5.74) is 0.655. The SMILES string of the molecule is CC(NC(=O)c1cc(Br)cc(Br)c1)C1CCOC1. The normalized spacial score (nSPS) is 20.7. The summed E-state index contributed by atoms with van der Waals surface area (Å²) in [4.78, 5) is 12.1. The van der Waals surface area contributed by atoms with Crippen LogP contribution in [0.25, 0.3) is 0 Å². The Bertz CT molecular complexity index is 424. The molecule has 98 valence electrons. The van der Waals surface area contributed by atoms with Crippen LogP contribution in [-0.2, 0) is 4.74 Å². The summed E-state index contributed by atoms with van der Waals surface area (Å²) in [6.45, 7) is 3.57. The number of hydrogen-bond acceptors (Lipinski definition) is 2. The molecule has 1 fully saturated rings. The third-order valence-electron chi connectivity index (χ3n) is 3.16. The fraction of sp³-hybridized carbons (Fsp3) is 0.462. The van der Waals surface area contributed by atoms with E-state index in [2.05, 4.69) is 37.2 Å². The Hall–Kier alpha value is -0.390. The summed E-state index contributed by atoms with van der Waals surface area (Å²) >= 11 is 6.77. The van der Waals surface area contributed by atoms with Crippen LogP contribution in [0.2, 0.25) is 0 Å². The lowest BCUT2D eigenvalue weighted by atomic mass is 10.0. The maximum atomic E-state index is 12.1. The van der Waals surface area contributed by atoms with E-state index in [4.69, 9.17) is 4.74 Å². The number of nitrogens with one attached hydrogen (secondary N) is 1. The van der Waals surface area contributed by atoms with E-state index in [9.17, 15) is 4.79 Å². The van der Waals surface area contributed by atoms with Gasteiger partial charge in [-0.15, -0.1) is 0 Å². The molecule has 1 heterocycles. The first-order valence-electron chi connectivity index (χ1n) is 5.91. The first-order chi connectivity index (χ1) is 8.56. The van der Waals surface area contributed by atoms with E-state index in [-0.39, 0.29) is 11.9 Å². The minimum absolute atomic E-state index is 0.0450. The van der Waals surface area contributed by atoms with Crippen molar-refractivity contribution in [3.63, 3.8) is 0 Å². The molecule has 5 heteroatoms. The standard InChI is InChI=1S/C13H15Br2NO2/c1-8(9-2-3-18-7-9)16-13(17)10-4-11(14)6-12(15)5-10/h4-6,8-9H,2-3,7H2,1H3,(H,16,17). The van der Waals surface area contributed by atoms with E-state index < -0.39 is 0 Å². The number of carbonyl (C=O) groups is 1. The van der Waals surface area contributed by atoms with Crippen LogP contribution in [0.4, 0.5) is 0 Å². The fourth-order valence-electron chi connectivity index (χ4n) is 2.04. The molecule has 0 radical (unpaired) electrons. The lowest BCUT2D eigenvalue weighted by Crippen LogP contribution is -2.38. The van der Waals surface area contributed by atoms with Crippen LogP contribution < -0.4 is 5.32 Å². The Balaban J connectivity index is 2.02. The summed E-state index contributed by atoms with van der Waals surface area (Å²) in [5.74, 6) is 0.376. The highest BCUT2D eigenvalue weighted by atomic mass is 79.9. The van der Waals surface area contributed by atoms with Crippen LogP contribution >= 0.6 is 31.9 Å². The van der Waals surface area contributed by atoms with E-state index in [1.54, 1.807) is 0 Å². The molecule has 3 nitrogen and oxygen atoms in total. The predicted octanol–water partition coefficient (Wildman–Crippen LogP) is 3.37. The van der Waals surface area contributed by atoms with Gasteiger partial charge in [-0.25, -0.2) is 0 Å². The third kappa shape index (κ3) is 3.56. The van der Waals surface area contributed by atoms with Crippen molar-refractivity contribution in [2.45, 2.75) is 19.4 Å². The molecule has 0 saturated carbocycles. The molecule has 2 unspecified atom stereocenters. The molecule has 1 aromatic rings. The van der Waals surface area contributed by atoms with Crippen LogP contribution in [0, 0.1) is 5.92 Å². The van der Waals surface area contributed by atoms with Crippen LogP contribution in [0.3, 0.4) is 0 Å². The molecule has 0 spiro atoms. The Kier molecular flexibility index (Phi) is 4.81. The lowest BCUT2D eigenvalue weighted by molar-refractivity contribution is 0.0922. The van der Waals surface area contributed by atoms with Crippen molar-refractivity contribution in [2.24, 2.45) is 5.92 Å². The van der Waals surface area contributed by atoms with Crippen molar-refractivity contribution in [2.75, 3.05) is 13.2 Å². The smallest absolute Gasteiger partial charge is 0.251 e. The summed E-state index contributed by atoms with van der Waals surface area (Å²) in [7, 11) is 0. The molecular formula is C13H15Br2NO2. The van der Waals surface area contributed by atoms with E-state index in [0.29, 0.717) is 11.5 Å². The average molecular weight is 377 g/mol. The summed E-state index contributed by atoms with van der Waals surface area (Å²) in [5, 5.41) is 3.03. The predicted molar refractivity (Wildman–Crippen MR) is 77.7 cm³/mol. The van der Waals surface area contributed by atoms with Crippen molar-refractivity contribution in [3.8, 4) is 0 Å². The zero-order valence-electron chi connectivity index (χ0n) is 10.1. The van der Waals surface area contributed by atoms with Crippen LogP contribution in [0.5, 0.6) is 0 Å². The number of ether oxygens (including phenoxy) is 1. The highest BCUT2D eigenvalue weighted by Crippen LogP contribution is 2.21. The molecule has 1 amide bonds. The molecule has 1 aliphatic rings. The van der Waals surface area contributed by atoms with Crippen LogP contribution in [0.1, 0.15) is 23.7 Å². The maximum Gasteiger partial charge on any atom is 0.251 e. The monoisotopic (exact) mass is 375 g/mol. The Morgan fingerprint density at radius 2 is 2.06 bits per heavy atom. The minimum Gasteiger partial charge on any atom is -0.381 e. The largest absolute Gasteiger partial charge is 0.381 e. The van der Waals surface area contributed by atoms with Gasteiger partial charge in [0.05, 0.1) is 6.61 Å². The van der Waals surface area contributed by atoms with Gasteiger partial charge in [0.2, 0.25) is 0 Å². The zero-order valence-corrected chi connectivity index (χ0v) is 13.3. The zero-order chi connectivity index (χ0) is 13.1. The van der Waals surface area contributed by atoms with Gasteiger partial charge in [0.25, 0.3) is 5.91 Å². The van der Waals surface area contributed by atoms with Gasteiger partial charge < -0.3 is 10.1 Å². The molecule has 1 saturated heterocycles. The molecule has 1 aliphatic heterocycles. The summed E-state index contributed by atoms with van der Waals surface area (Å²) < 4.78 is 7.11. The summed E-state index contributed by atoms with van der Waals surface area (Å²) in [6, 6.07) is 5.68. The number of carbonyl (C=O) groups excluding carboxylic acids is 1. The topological polar surface area (TPSA) is 38.3 Å². The van der Waals surface area contributed by atoms with E-state index in [1.807, 2.05) is 25.1 Å². The van der Waals surface area contributed by atoms with Crippen molar-refractivity contribution in [1.82, 2.24) is 5.32 Å². The first kappa shape index (κ1) is 14.0. The Morgan fingerprint density at radius 1 is 1.39 bits per heavy atom. The Labute approximate surface area is 124 Å². The second-order valence-corrected chi connectivity index (χ2v) is 6.38. The second kappa shape index (κ2) is 6.17. The highest BCUT2D eigenvalue weighted by molar-refractivity contribution is 9.11. The highest BCUT2D eigenvalue weighted by Gasteiger charge is 2.23.